The number of likely N-dealkylation sites (N-methyl/N-ethyl adjacent to an activating group) is 1. The van der Waals surface area contributed by atoms with Crippen LogP contribution < -0.4 is 24.8 Å². The Morgan fingerprint density at radius 1 is 1.02 bits per heavy atom. The second-order valence-electron chi connectivity index (χ2n) is 11.1. The van der Waals surface area contributed by atoms with Crippen molar-refractivity contribution in [3.8, 4) is 17.2 Å². The molecule has 0 unspecified atom stereocenters. The Kier molecular flexibility index (Phi) is 10.9. The normalized spacial score (nSPS) is 17.6. The van der Waals surface area contributed by atoms with Gasteiger partial charge in [0.15, 0.2) is 0 Å². The Morgan fingerprint density at radius 3 is 2.26 bits per heavy atom. The van der Waals surface area contributed by atoms with Crippen molar-refractivity contribution in [2.75, 3.05) is 51.6 Å². The first kappa shape index (κ1) is 31.7. The average Bonchev–Trinajstić information content (AvgIpc) is 3.04. The Balaban J connectivity index is 1.53. The maximum absolute atomic E-state index is 13.5. The summed E-state index contributed by atoms with van der Waals surface area (Å²) in [5.74, 6) is 1.98. The van der Waals surface area contributed by atoms with Gasteiger partial charge in [-0.3, -0.25) is 9.69 Å². The number of hydrogen-bond donors (Lipinski definition) is 3. The largest absolute Gasteiger partial charge is 0.497 e. The molecule has 3 amide bonds. The van der Waals surface area contributed by atoms with Crippen LogP contribution in [0.4, 0.5) is 16.2 Å². The number of nitrogens with one attached hydrogen (secondary N) is 2. The van der Waals surface area contributed by atoms with Gasteiger partial charge in [0, 0.05) is 42.5 Å². The van der Waals surface area contributed by atoms with Crippen molar-refractivity contribution in [1.29, 1.82) is 0 Å². The highest BCUT2D eigenvalue weighted by Gasteiger charge is 2.31. The molecule has 3 atom stereocenters. The van der Waals surface area contributed by atoms with Gasteiger partial charge in [0.05, 0.1) is 33.3 Å². The standard InChI is InChI=1S/C33H42N4O6/c1-22-18-37(23(2)21-38)32(39)17-25-16-27(35-33(40)34-26-8-13-29(42-5)14-9-26)10-15-30(25)43-31(22)20-36(3)19-24-6-11-28(41-4)12-7-24/h6-16,22-23,31,38H,17-21H2,1-5H3,(H2,34,35,40)/t22-,23-,31+/m0/s1. The minimum Gasteiger partial charge on any atom is -0.497 e. The zero-order chi connectivity index (χ0) is 30.9. The van der Waals surface area contributed by atoms with Gasteiger partial charge in [-0.2, -0.15) is 0 Å². The van der Waals surface area contributed by atoms with E-state index in [0.717, 1.165) is 11.3 Å². The lowest BCUT2D eigenvalue weighted by molar-refractivity contribution is -0.134. The van der Waals surface area contributed by atoms with Gasteiger partial charge in [0.2, 0.25) is 5.91 Å². The van der Waals surface area contributed by atoms with E-state index in [1.807, 2.05) is 38.2 Å². The maximum Gasteiger partial charge on any atom is 0.323 e. The molecule has 43 heavy (non-hydrogen) atoms. The number of aliphatic hydroxyl groups excluding tert-OH is 1. The van der Waals surface area contributed by atoms with Crippen molar-refractivity contribution >= 4 is 23.3 Å². The number of carbonyl (C=O) groups is 2. The van der Waals surface area contributed by atoms with Crippen LogP contribution in [-0.4, -0.2) is 80.0 Å². The summed E-state index contributed by atoms with van der Waals surface area (Å²) in [5, 5.41) is 15.6. The van der Waals surface area contributed by atoms with Crippen LogP contribution in [0.2, 0.25) is 0 Å². The molecule has 0 bridgehead atoms. The van der Waals surface area contributed by atoms with Crippen molar-refractivity contribution < 1.29 is 28.9 Å². The number of carbonyl (C=O) groups excluding carboxylic acids is 2. The third-order valence-electron chi connectivity index (χ3n) is 7.63. The number of ether oxygens (including phenoxy) is 3. The van der Waals surface area contributed by atoms with E-state index in [2.05, 4.69) is 22.5 Å². The van der Waals surface area contributed by atoms with E-state index in [-0.39, 0.29) is 37.0 Å². The summed E-state index contributed by atoms with van der Waals surface area (Å²) < 4.78 is 17.1. The fraction of sp³-hybridized carbons (Fsp3) is 0.394. The van der Waals surface area contributed by atoms with Gasteiger partial charge in [0.25, 0.3) is 0 Å². The van der Waals surface area contributed by atoms with E-state index in [1.165, 1.54) is 0 Å². The molecule has 3 aromatic carbocycles. The highest BCUT2D eigenvalue weighted by molar-refractivity contribution is 6.00. The van der Waals surface area contributed by atoms with E-state index < -0.39 is 6.03 Å². The lowest BCUT2D eigenvalue weighted by Crippen LogP contribution is -2.47. The van der Waals surface area contributed by atoms with Crippen LogP contribution in [0.25, 0.3) is 0 Å². The first-order chi connectivity index (χ1) is 20.7. The summed E-state index contributed by atoms with van der Waals surface area (Å²) in [5.41, 5.74) is 2.96. The summed E-state index contributed by atoms with van der Waals surface area (Å²) in [7, 11) is 5.28. The van der Waals surface area contributed by atoms with E-state index in [1.54, 1.807) is 61.6 Å². The fourth-order valence-corrected chi connectivity index (χ4v) is 5.11. The molecule has 4 rings (SSSR count). The van der Waals surface area contributed by atoms with Crippen molar-refractivity contribution in [3.63, 3.8) is 0 Å². The number of fused-ring (bicyclic) bond motifs is 1. The third-order valence-corrected chi connectivity index (χ3v) is 7.63. The molecule has 0 spiro atoms. The van der Waals surface area contributed by atoms with Crippen LogP contribution in [0, 0.1) is 5.92 Å². The first-order valence-corrected chi connectivity index (χ1v) is 14.4. The highest BCUT2D eigenvalue weighted by Crippen LogP contribution is 2.29. The maximum atomic E-state index is 13.5. The van der Waals surface area contributed by atoms with Crippen LogP contribution in [0.3, 0.4) is 0 Å². The molecular formula is C33H42N4O6. The minimum atomic E-state index is -0.414. The Bertz CT molecular complexity index is 1360. The highest BCUT2D eigenvalue weighted by atomic mass is 16.5. The Hall–Kier alpha value is -4.28. The molecule has 10 nitrogen and oxygen atoms in total. The smallest absolute Gasteiger partial charge is 0.323 e. The molecule has 1 aliphatic heterocycles. The zero-order valence-corrected chi connectivity index (χ0v) is 25.5. The lowest BCUT2D eigenvalue weighted by Gasteiger charge is -2.34. The second-order valence-corrected chi connectivity index (χ2v) is 11.1. The predicted octanol–water partition coefficient (Wildman–Crippen LogP) is 4.63. The van der Waals surface area contributed by atoms with E-state index in [0.29, 0.717) is 48.1 Å². The number of nitrogens with zero attached hydrogens (tertiary/aromatic N) is 2. The monoisotopic (exact) mass is 590 g/mol. The van der Waals surface area contributed by atoms with Crippen LogP contribution in [0.15, 0.2) is 66.7 Å². The van der Waals surface area contributed by atoms with Crippen LogP contribution in [0.1, 0.15) is 25.0 Å². The summed E-state index contributed by atoms with van der Waals surface area (Å²) in [6.45, 7) is 5.56. The van der Waals surface area contributed by atoms with Gasteiger partial charge in [-0.15, -0.1) is 0 Å². The molecule has 0 aliphatic carbocycles. The van der Waals surface area contributed by atoms with Crippen molar-refractivity contribution in [2.24, 2.45) is 5.92 Å². The summed E-state index contributed by atoms with van der Waals surface area (Å²) in [4.78, 5) is 30.2. The zero-order valence-electron chi connectivity index (χ0n) is 25.5. The van der Waals surface area contributed by atoms with E-state index >= 15 is 0 Å². The van der Waals surface area contributed by atoms with Crippen LogP contribution in [0.5, 0.6) is 17.2 Å². The Labute approximate surface area is 253 Å². The molecule has 3 aromatic rings. The molecule has 0 radical (unpaired) electrons. The molecule has 3 N–H and O–H groups in total. The summed E-state index contributed by atoms with van der Waals surface area (Å²) in [6.07, 6.45) is -0.158. The molecule has 1 aliphatic rings. The number of methoxy groups -OCH3 is 2. The Morgan fingerprint density at radius 2 is 1.63 bits per heavy atom. The number of rotatable bonds is 10. The quantitative estimate of drug-likeness (QED) is 0.316. The molecule has 230 valence electrons. The SMILES string of the molecule is COc1ccc(CN(C)C[C@H]2Oc3ccc(NC(=O)Nc4ccc(OC)cc4)cc3CC(=O)N([C@@H](C)CO)C[C@@H]2C)cc1. The van der Waals surface area contributed by atoms with Gasteiger partial charge in [0.1, 0.15) is 23.4 Å². The van der Waals surface area contributed by atoms with Gasteiger partial charge >= 0.3 is 6.03 Å². The molecule has 0 aromatic heterocycles. The molecule has 0 saturated carbocycles. The van der Waals surface area contributed by atoms with Gasteiger partial charge in [-0.1, -0.05) is 19.1 Å². The number of hydrogen-bond acceptors (Lipinski definition) is 7. The first-order valence-electron chi connectivity index (χ1n) is 14.4. The van der Waals surface area contributed by atoms with Gasteiger partial charge in [-0.25, -0.2) is 4.79 Å². The van der Waals surface area contributed by atoms with Gasteiger partial charge < -0.3 is 34.9 Å². The summed E-state index contributed by atoms with van der Waals surface area (Å²) in [6, 6.07) is 19.6. The molecular weight excluding hydrogens is 548 g/mol. The second kappa shape index (κ2) is 14.8. The lowest BCUT2D eigenvalue weighted by atomic mass is 10.0. The fourth-order valence-electron chi connectivity index (χ4n) is 5.11. The van der Waals surface area contributed by atoms with Crippen LogP contribution >= 0.6 is 0 Å². The number of amides is 3. The topological polar surface area (TPSA) is 113 Å². The number of urea groups is 1. The number of anilines is 2. The number of aliphatic hydroxyl groups is 1. The average molecular weight is 591 g/mol. The minimum absolute atomic E-state index is 0.0182. The molecule has 1 heterocycles. The molecule has 0 fully saturated rings. The molecule has 0 saturated heterocycles. The summed E-state index contributed by atoms with van der Waals surface area (Å²) >= 11 is 0. The van der Waals surface area contributed by atoms with Crippen LogP contribution in [-0.2, 0) is 17.8 Å². The van der Waals surface area contributed by atoms with Gasteiger partial charge in [-0.05, 0) is 74.1 Å². The predicted molar refractivity (Wildman–Crippen MR) is 167 cm³/mol. The van der Waals surface area contributed by atoms with E-state index in [9.17, 15) is 14.7 Å². The number of benzene rings is 3. The van der Waals surface area contributed by atoms with Crippen molar-refractivity contribution in [1.82, 2.24) is 9.80 Å². The molecule has 10 heteroatoms. The van der Waals surface area contributed by atoms with Crippen molar-refractivity contribution in [3.05, 3.63) is 77.9 Å². The third kappa shape index (κ3) is 8.62. The van der Waals surface area contributed by atoms with E-state index in [4.69, 9.17) is 14.2 Å². The van der Waals surface area contributed by atoms with Crippen molar-refractivity contribution in [2.45, 2.75) is 39.0 Å².